The Morgan fingerprint density at radius 2 is 2.05 bits per heavy atom. The van der Waals surface area contributed by atoms with Crippen molar-refractivity contribution in [1.82, 2.24) is 4.31 Å². The Labute approximate surface area is 118 Å². The van der Waals surface area contributed by atoms with Crippen LogP contribution in [0.2, 0.25) is 5.02 Å². The summed E-state index contributed by atoms with van der Waals surface area (Å²) >= 11 is 5.90. The molecule has 7 heteroatoms. The highest BCUT2D eigenvalue weighted by molar-refractivity contribution is 7.89. The predicted molar refractivity (Wildman–Crippen MR) is 74.0 cm³/mol. The molecule has 0 atom stereocenters. The fourth-order valence-electron chi connectivity index (χ4n) is 1.77. The van der Waals surface area contributed by atoms with E-state index in [9.17, 15) is 13.5 Å². The lowest BCUT2D eigenvalue weighted by Crippen LogP contribution is -2.28. The van der Waals surface area contributed by atoms with Gasteiger partial charge in [0.15, 0.2) is 0 Å². The average Bonchev–Trinajstić information content (AvgIpc) is 2.37. The number of halogens is 1. The van der Waals surface area contributed by atoms with Gasteiger partial charge in [0, 0.05) is 24.2 Å². The molecule has 1 rings (SSSR count). The lowest BCUT2D eigenvalue weighted by Gasteiger charge is -2.19. The van der Waals surface area contributed by atoms with Gasteiger partial charge in [-0.05, 0) is 18.6 Å². The van der Waals surface area contributed by atoms with Gasteiger partial charge in [-0.3, -0.25) is 0 Å². The van der Waals surface area contributed by atoms with E-state index >= 15 is 0 Å². The van der Waals surface area contributed by atoms with Gasteiger partial charge in [-0.25, -0.2) is 12.7 Å². The van der Waals surface area contributed by atoms with E-state index in [1.807, 2.05) is 6.92 Å². The van der Waals surface area contributed by atoms with Crippen LogP contribution in [0.4, 0.5) is 0 Å². The lowest BCUT2D eigenvalue weighted by molar-refractivity contribution is 0.272. The summed E-state index contributed by atoms with van der Waals surface area (Å²) in [6, 6.07) is 2.82. The molecule has 1 aromatic rings. The quantitative estimate of drug-likeness (QED) is 0.871. The van der Waals surface area contributed by atoms with E-state index in [0.717, 1.165) is 0 Å². The van der Waals surface area contributed by atoms with E-state index in [2.05, 4.69) is 0 Å². The zero-order valence-corrected chi connectivity index (χ0v) is 12.8. The zero-order valence-electron chi connectivity index (χ0n) is 11.2. The maximum atomic E-state index is 12.4. The number of aliphatic hydroxyl groups is 1. The summed E-state index contributed by atoms with van der Waals surface area (Å²) in [5.74, 6) is 0.134. The molecule has 0 fully saturated rings. The topological polar surface area (TPSA) is 66.8 Å². The van der Waals surface area contributed by atoms with E-state index in [1.165, 1.54) is 30.6 Å². The highest BCUT2D eigenvalue weighted by Gasteiger charge is 2.26. The number of methoxy groups -OCH3 is 1. The summed E-state index contributed by atoms with van der Waals surface area (Å²) in [7, 11) is -0.826. The summed E-state index contributed by atoms with van der Waals surface area (Å²) in [5, 5.41) is 9.50. The molecule has 0 aliphatic carbocycles. The molecule has 5 nitrogen and oxygen atoms in total. The molecule has 0 radical (unpaired) electrons. The molecule has 0 spiro atoms. The van der Waals surface area contributed by atoms with Gasteiger partial charge in [0.25, 0.3) is 0 Å². The molecule has 0 aliphatic rings. The minimum Gasteiger partial charge on any atom is -0.495 e. The second-order valence-corrected chi connectivity index (χ2v) is 6.53. The van der Waals surface area contributed by atoms with Crippen LogP contribution in [-0.4, -0.2) is 38.5 Å². The van der Waals surface area contributed by atoms with Crippen molar-refractivity contribution in [1.29, 1.82) is 0 Å². The van der Waals surface area contributed by atoms with Crippen LogP contribution < -0.4 is 4.74 Å². The van der Waals surface area contributed by atoms with Crippen molar-refractivity contribution in [3.63, 3.8) is 0 Å². The molecule has 0 unspecified atom stereocenters. The molecule has 0 aromatic heterocycles. The molecule has 0 heterocycles. The molecular weight excluding hydrogens is 290 g/mol. The Balaban J connectivity index is 3.45. The summed E-state index contributed by atoms with van der Waals surface area (Å²) in [4.78, 5) is -0.0255. The van der Waals surface area contributed by atoms with Gasteiger partial charge >= 0.3 is 0 Å². The number of nitrogens with zero attached hydrogens (tertiary/aromatic N) is 1. The first-order valence-corrected chi connectivity index (χ1v) is 7.63. The number of sulfonamides is 1. The van der Waals surface area contributed by atoms with Crippen LogP contribution in [0.15, 0.2) is 17.0 Å². The van der Waals surface area contributed by atoms with Crippen LogP contribution in [0.3, 0.4) is 0 Å². The molecule has 0 saturated heterocycles. The Morgan fingerprint density at radius 1 is 1.42 bits per heavy atom. The normalized spacial score (nSPS) is 11.9. The van der Waals surface area contributed by atoms with Crippen molar-refractivity contribution in [2.45, 2.75) is 24.8 Å². The van der Waals surface area contributed by atoms with Crippen molar-refractivity contribution < 1.29 is 18.3 Å². The van der Waals surface area contributed by atoms with E-state index in [1.54, 1.807) is 0 Å². The fraction of sp³-hybridized carbons (Fsp3) is 0.500. The van der Waals surface area contributed by atoms with E-state index in [0.29, 0.717) is 18.5 Å². The fourth-order valence-corrected chi connectivity index (χ4v) is 3.56. The third kappa shape index (κ3) is 3.39. The van der Waals surface area contributed by atoms with Gasteiger partial charge < -0.3 is 9.84 Å². The van der Waals surface area contributed by atoms with Gasteiger partial charge in [0.2, 0.25) is 10.0 Å². The van der Waals surface area contributed by atoms with Crippen molar-refractivity contribution in [2.75, 3.05) is 20.7 Å². The predicted octanol–water partition coefficient (Wildman–Crippen LogP) is 1.87. The number of aliphatic hydroxyl groups excluding tert-OH is 1. The third-order valence-electron chi connectivity index (χ3n) is 2.70. The molecule has 1 aromatic carbocycles. The standard InChI is InChI=1S/C12H18ClNO4S/c1-4-5-14(2)19(16,17)11-7-10(13)6-9(8-15)12(11)18-3/h6-7,15H,4-5,8H2,1-3H3. The minimum absolute atomic E-state index is 0.0255. The van der Waals surface area contributed by atoms with Crippen LogP contribution in [0.5, 0.6) is 5.75 Å². The van der Waals surface area contributed by atoms with Crippen molar-refractivity contribution in [2.24, 2.45) is 0 Å². The summed E-state index contributed by atoms with van der Waals surface area (Å²) < 4.78 is 31.2. The average molecular weight is 308 g/mol. The highest BCUT2D eigenvalue weighted by atomic mass is 35.5. The van der Waals surface area contributed by atoms with E-state index in [4.69, 9.17) is 16.3 Å². The first-order chi connectivity index (χ1) is 8.88. The zero-order chi connectivity index (χ0) is 14.6. The monoisotopic (exact) mass is 307 g/mol. The Morgan fingerprint density at radius 3 is 2.53 bits per heavy atom. The summed E-state index contributed by atoms with van der Waals surface area (Å²) in [5.41, 5.74) is 0.346. The number of benzene rings is 1. The summed E-state index contributed by atoms with van der Waals surface area (Å²) in [6.45, 7) is 1.94. The van der Waals surface area contributed by atoms with Gasteiger partial charge in [-0.15, -0.1) is 0 Å². The molecule has 0 amide bonds. The van der Waals surface area contributed by atoms with Crippen LogP contribution in [0, 0.1) is 0 Å². The number of hydrogen-bond donors (Lipinski definition) is 1. The maximum Gasteiger partial charge on any atom is 0.246 e. The lowest BCUT2D eigenvalue weighted by atomic mass is 10.2. The largest absolute Gasteiger partial charge is 0.495 e. The SMILES string of the molecule is CCCN(C)S(=O)(=O)c1cc(Cl)cc(CO)c1OC. The van der Waals surface area contributed by atoms with Gasteiger partial charge in [-0.2, -0.15) is 0 Å². The summed E-state index contributed by atoms with van der Waals surface area (Å²) in [6.07, 6.45) is 0.700. The molecular formula is C12H18ClNO4S. The Bertz CT molecular complexity index is 545. The van der Waals surface area contributed by atoms with Crippen LogP contribution >= 0.6 is 11.6 Å². The van der Waals surface area contributed by atoms with Gasteiger partial charge in [-0.1, -0.05) is 18.5 Å². The molecule has 19 heavy (non-hydrogen) atoms. The van der Waals surface area contributed by atoms with Crippen molar-refractivity contribution in [3.8, 4) is 5.75 Å². The van der Waals surface area contributed by atoms with Gasteiger partial charge in [0.1, 0.15) is 10.6 Å². The molecule has 108 valence electrons. The Kier molecular flexibility index (Phi) is 5.61. The number of hydrogen-bond acceptors (Lipinski definition) is 4. The van der Waals surface area contributed by atoms with Crippen LogP contribution in [0.25, 0.3) is 0 Å². The van der Waals surface area contributed by atoms with Crippen molar-refractivity contribution in [3.05, 3.63) is 22.7 Å². The van der Waals surface area contributed by atoms with Crippen LogP contribution in [0.1, 0.15) is 18.9 Å². The first-order valence-electron chi connectivity index (χ1n) is 5.82. The first kappa shape index (κ1) is 16.2. The number of ether oxygens (including phenoxy) is 1. The highest BCUT2D eigenvalue weighted by Crippen LogP contribution is 2.33. The second kappa shape index (κ2) is 6.56. The molecule has 0 bridgehead atoms. The van der Waals surface area contributed by atoms with E-state index < -0.39 is 10.0 Å². The Hall–Kier alpha value is -0.820. The molecule has 0 saturated carbocycles. The van der Waals surface area contributed by atoms with Crippen molar-refractivity contribution >= 4 is 21.6 Å². The second-order valence-electron chi connectivity index (χ2n) is 4.08. The minimum atomic E-state index is -3.69. The molecule has 0 aliphatic heterocycles. The smallest absolute Gasteiger partial charge is 0.246 e. The van der Waals surface area contributed by atoms with E-state index in [-0.39, 0.29) is 22.3 Å². The number of rotatable bonds is 6. The third-order valence-corrected chi connectivity index (χ3v) is 4.78. The maximum absolute atomic E-state index is 12.4. The molecule has 1 N–H and O–H groups in total. The van der Waals surface area contributed by atoms with Gasteiger partial charge in [0.05, 0.1) is 13.7 Å². The van der Waals surface area contributed by atoms with Crippen LogP contribution in [-0.2, 0) is 16.6 Å².